The standard InChI is InChI=1S/C36H56O8.C19H23N2O5P/c1-7-8-9-10-11-12-13-14-15-16-17-18-29(39)43-32-24(3)35(42)27(30-33(5,6)36(30,32)44-25(4)38)20-26(22-37)21-34(41)28(35)19-23(2)31(34)40;1-3-26-27(24,17-10-8-16(25-2)9-11-17)21-13-15-7-5-4-6-14(15)12-18(21)19(22)20-23/h19-20,24,27-28,30,32,37,41-42H,7-18,21-22H2,1-6H3;4-11,18,23H,3,12-13H2,1-2H3,(H,20,22)/t24-,27+,28?,30-,32-,34-,35-,36-;18-,27+/m11/s1. The summed E-state index contributed by atoms with van der Waals surface area (Å²) < 4.78 is 38.8. The Morgan fingerprint density at radius 3 is 2.06 bits per heavy atom. The molecule has 2 saturated carbocycles. The van der Waals surface area contributed by atoms with Crippen molar-refractivity contribution in [2.24, 2.45) is 29.1 Å². The van der Waals surface area contributed by atoms with E-state index in [4.69, 9.17) is 18.7 Å². The molecule has 16 heteroatoms. The van der Waals surface area contributed by atoms with E-state index in [9.17, 15) is 44.3 Å². The number of hydroxylamine groups is 1. The van der Waals surface area contributed by atoms with Crippen LogP contribution in [0.15, 0.2) is 71.8 Å². The number of unbranched alkanes of at least 4 members (excludes halogenated alkanes) is 10. The lowest BCUT2D eigenvalue weighted by molar-refractivity contribution is -0.228. The van der Waals surface area contributed by atoms with Crippen LogP contribution in [0.3, 0.4) is 0 Å². The SMILES string of the molecule is CCCCCCCCCCCCCC(=O)O[C@@H]1[C@@H](C)[C@]2(O)C3C=C(C)C(=O)[C@@]3(O)CC(CO)=C[C@H]2[C@@H]2C(C)(C)[C@]12OC(C)=O.CCO[P@@](=O)(c1ccc(OC)cc1)N1Cc2ccccc2C[C@@H]1C(=O)NO. The molecule has 71 heavy (non-hydrogen) atoms. The first-order valence-electron chi connectivity index (χ1n) is 25.8. The zero-order valence-corrected chi connectivity index (χ0v) is 44.0. The molecule has 1 heterocycles. The fraction of sp³-hybridized carbons (Fsp3) is 0.636. The van der Waals surface area contributed by atoms with Gasteiger partial charge in [0.2, 0.25) is 0 Å². The van der Waals surface area contributed by atoms with Gasteiger partial charge in [0.15, 0.2) is 11.4 Å². The maximum Gasteiger partial charge on any atom is 0.306 e. The van der Waals surface area contributed by atoms with Gasteiger partial charge in [-0.1, -0.05) is 128 Å². The molecule has 2 aromatic carbocycles. The number of carbonyl (C=O) groups excluding carboxylic acids is 4. The number of amides is 1. The fourth-order valence-electron chi connectivity index (χ4n) is 12.5. The van der Waals surface area contributed by atoms with Gasteiger partial charge in [-0.2, -0.15) is 0 Å². The fourth-order valence-corrected chi connectivity index (χ4v) is 14.9. The first-order valence-corrected chi connectivity index (χ1v) is 27.4. The van der Waals surface area contributed by atoms with Gasteiger partial charge in [-0.15, -0.1) is 0 Å². The number of rotatable bonds is 21. The quantitative estimate of drug-likeness (QED) is 0.0199. The zero-order valence-electron chi connectivity index (χ0n) is 43.1. The predicted octanol–water partition coefficient (Wildman–Crippen LogP) is 8.24. The molecule has 5 N–H and O–H groups in total. The van der Waals surface area contributed by atoms with E-state index in [1.54, 1.807) is 74.4 Å². The number of Topliss-reactive ketones (excluding diaryl/α,β-unsaturated/α-hetero) is 1. The van der Waals surface area contributed by atoms with Gasteiger partial charge in [0.05, 0.1) is 31.2 Å². The minimum absolute atomic E-state index is 0.108. The number of nitrogens with zero attached hydrogens (tertiary/aromatic N) is 1. The van der Waals surface area contributed by atoms with Gasteiger partial charge in [0.1, 0.15) is 23.5 Å². The maximum absolute atomic E-state index is 14.0. The summed E-state index contributed by atoms with van der Waals surface area (Å²) in [6, 6.07) is 13.6. The second-order valence-corrected chi connectivity index (χ2v) is 23.3. The number of aliphatic hydroxyl groups is 3. The van der Waals surface area contributed by atoms with Gasteiger partial charge >= 0.3 is 19.5 Å². The molecule has 0 spiro atoms. The molecular weight excluding hydrogens is 928 g/mol. The average molecular weight is 1010 g/mol. The Morgan fingerprint density at radius 1 is 0.887 bits per heavy atom. The van der Waals surface area contributed by atoms with E-state index in [0.717, 1.165) is 30.4 Å². The van der Waals surface area contributed by atoms with Crippen molar-refractivity contribution < 1.29 is 63.0 Å². The number of carbonyl (C=O) groups is 4. The monoisotopic (exact) mass is 1010 g/mol. The largest absolute Gasteiger partial charge is 0.497 e. The third-order valence-corrected chi connectivity index (χ3v) is 18.8. The van der Waals surface area contributed by atoms with E-state index >= 15 is 0 Å². The molecule has 5 aliphatic rings. The van der Waals surface area contributed by atoms with Crippen molar-refractivity contribution in [3.05, 3.63) is 83.0 Å². The van der Waals surface area contributed by atoms with E-state index in [1.165, 1.54) is 51.9 Å². The molecule has 1 amide bonds. The van der Waals surface area contributed by atoms with E-state index in [0.29, 0.717) is 35.0 Å². The summed E-state index contributed by atoms with van der Waals surface area (Å²) in [5.41, 5.74) is -1.04. The first kappa shape index (κ1) is 56.1. The van der Waals surface area contributed by atoms with Crippen LogP contribution in [0, 0.1) is 29.1 Å². The van der Waals surface area contributed by atoms with Crippen molar-refractivity contribution in [2.75, 3.05) is 20.3 Å². The molecule has 0 radical (unpaired) electrons. The Labute approximate surface area is 420 Å². The summed E-state index contributed by atoms with van der Waals surface area (Å²) in [5.74, 6) is -4.27. The van der Waals surface area contributed by atoms with E-state index in [2.05, 4.69) is 6.92 Å². The number of esters is 2. The van der Waals surface area contributed by atoms with Crippen LogP contribution < -0.4 is 15.5 Å². The first-order chi connectivity index (χ1) is 33.8. The second-order valence-electron chi connectivity index (χ2n) is 20.9. The predicted molar refractivity (Wildman–Crippen MR) is 269 cm³/mol. The minimum atomic E-state index is -3.55. The van der Waals surface area contributed by atoms with Crippen LogP contribution in [0.1, 0.15) is 143 Å². The molecular formula is C55H79N2O13P. The van der Waals surface area contributed by atoms with Crippen LogP contribution >= 0.6 is 7.52 Å². The lowest BCUT2D eigenvalue weighted by Gasteiger charge is -2.53. The average Bonchev–Trinajstić information content (AvgIpc) is 3.78. The highest BCUT2D eigenvalue weighted by molar-refractivity contribution is 7.64. The highest BCUT2D eigenvalue weighted by Gasteiger charge is 2.87. The van der Waals surface area contributed by atoms with E-state index in [1.807, 2.05) is 38.1 Å². The lowest BCUT2D eigenvalue weighted by Crippen LogP contribution is -2.66. The number of nitrogens with one attached hydrogen (secondary N) is 1. The number of ketones is 1. The van der Waals surface area contributed by atoms with Crippen molar-refractivity contribution in [1.29, 1.82) is 0 Å². The van der Waals surface area contributed by atoms with Gasteiger partial charge in [-0.3, -0.25) is 29.0 Å². The highest BCUT2D eigenvalue weighted by Crippen LogP contribution is 2.77. The van der Waals surface area contributed by atoms with Crippen LogP contribution in [-0.4, -0.2) is 98.1 Å². The molecule has 0 aromatic heterocycles. The highest BCUT2D eigenvalue weighted by atomic mass is 31.2. The molecule has 0 bridgehead atoms. The normalized spacial score (nSPS) is 30.0. The summed E-state index contributed by atoms with van der Waals surface area (Å²) in [6.07, 6.45) is 15.7. The molecule has 0 saturated heterocycles. The van der Waals surface area contributed by atoms with Crippen molar-refractivity contribution >= 4 is 36.5 Å². The third-order valence-electron chi connectivity index (χ3n) is 16.2. The second kappa shape index (κ2) is 23.3. The number of fused-ring (bicyclic) bond motifs is 6. The Balaban J connectivity index is 0.000000261. The number of methoxy groups -OCH3 is 1. The molecule has 15 nitrogen and oxygen atoms in total. The van der Waals surface area contributed by atoms with Crippen LogP contribution in [0.4, 0.5) is 0 Å². The summed E-state index contributed by atoms with van der Waals surface area (Å²) >= 11 is 0. The van der Waals surface area contributed by atoms with Gasteiger partial charge in [0, 0.05) is 55.4 Å². The van der Waals surface area contributed by atoms with Gasteiger partial charge in [-0.25, -0.2) is 10.2 Å². The zero-order chi connectivity index (χ0) is 51.9. The Kier molecular flexibility index (Phi) is 18.4. The Bertz CT molecular complexity index is 2330. The molecule has 2 aromatic rings. The molecule has 1 unspecified atom stereocenters. The summed E-state index contributed by atoms with van der Waals surface area (Å²) in [4.78, 5) is 51.5. The number of hydrogen-bond acceptors (Lipinski definition) is 13. The topological polar surface area (TPSA) is 218 Å². The molecule has 2 fully saturated rings. The molecule has 1 aliphatic heterocycles. The number of ether oxygens (including phenoxy) is 3. The van der Waals surface area contributed by atoms with Crippen molar-refractivity contribution in [1.82, 2.24) is 10.2 Å². The molecule has 392 valence electrons. The maximum atomic E-state index is 14.0. The Morgan fingerprint density at radius 2 is 1.49 bits per heavy atom. The van der Waals surface area contributed by atoms with E-state index < -0.39 is 89.2 Å². The van der Waals surface area contributed by atoms with Crippen molar-refractivity contribution in [2.45, 2.75) is 174 Å². The van der Waals surface area contributed by atoms with Crippen LogP contribution in [0.25, 0.3) is 0 Å². The summed E-state index contributed by atoms with van der Waals surface area (Å²) in [5, 5.41) is 44.5. The van der Waals surface area contributed by atoms with E-state index in [-0.39, 0.29) is 32.6 Å². The van der Waals surface area contributed by atoms with Gasteiger partial charge in [0.25, 0.3) is 5.91 Å². The number of hydrogen-bond donors (Lipinski definition) is 5. The smallest absolute Gasteiger partial charge is 0.306 e. The Hall–Kier alpha value is -4.21. The third kappa shape index (κ3) is 10.9. The minimum Gasteiger partial charge on any atom is -0.497 e. The summed E-state index contributed by atoms with van der Waals surface area (Å²) in [6.45, 7) is 12.7. The van der Waals surface area contributed by atoms with Crippen molar-refractivity contribution in [3.8, 4) is 5.75 Å². The van der Waals surface area contributed by atoms with Crippen LogP contribution in [0.2, 0.25) is 0 Å². The van der Waals surface area contributed by atoms with Gasteiger partial charge in [-0.05, 0) is 73.2 Å². The van der Waals surface area contributed by atoms with Gasteiger partial charge < -0.3 is 34.1 Å². The molecule has 10 atom stereocenters. The number of aliphatic hydroxyl groups excluding tert-OH is 1. The van der Waals surface area contributed by atoms with Crippen molar-refractivity contribution in [3.63, 3.8) is 0 Å². The molecule has 7 rings (SSSR count). The summed E-state index contributed by atoms with van der Waals surface area (Å²) in [7, 11) is -1.99. The van der Waals surface area contributed by atoms with Crippen LogP contribution in [0.5, 0.6) is 5.75 Å². The molecule has 4 aliphatic carbocycles. The number of benzene rings is 2. The van der Waals surface area contributed by atoms with Crippen LogP contribution in [-0.2, 0) is 50.7 Å². The lowest BCUT2D eigenvalue weighted by atomic mass is 9.59.